The Labute approximate surface area is 175 Å². The number of hydrazine groups is 1. The highest BCUT2D eigenvalue weighted by Crippen LogP contribution is 2.37. The van der Waals surface area contributed by atoms with E-state index in [2.05, 4.69) is 0 Å². The predicted molar refractivity (Wildman–Crippen MR) is 97.9 cm³/mol. The largest absolute Gasteiger partial charge is 0.416 e. The Kier molecular flexibility index (Phi) is 5.90. The van der Waals surface area contributed by atoms with Gasteiger partial charge in [0.05, 0.1) is 21.7 Å². The molecule has 0 unspecified atom stereocenters. The Bertz CT molecular complexity index is 1170. The topological polar surface area (TPSA) is 80.2 Å². The molecule has 1 aromatic carbocycles. The van der Waals surface area contributed by atoms with Gasteiger partial charge in [-0.25, -0.2) is 8.42 Å². The fourth-order valence-electron chi connectivity index (χ4n) is 2.48. The fourth-order valence-corrected chi connectivity index (χ4v) is 4.18. The van der Waals surface area contributed by atoms with E-state index in [0.717, 1.165) is 11.3 Å². The smallest absolute Gasteiger partial charge is 0.322 e. The maximum atomic E-state index is 12.9. The predicted octanol–water partition coefficient (Wildman–Crippen LogP) is 4.20. The maximum Gasteiger partial charge on any atom is 0.416 e. The van der Waals surface area contributed by atoms with Crippen LogP contribution >= 0.6 is 11.3 Å². The lowest BCUT2D eigenvalue weighted by atomic mass is 10.1. The number of sulfonamides is 1. The summed E-state index contributed by atoms with van der Waals surface area (Å²) in [6, 6.07) is 4.80. The van der Waals surface area contributed by atoms with E-state index >= 15 is 0 Å². The summed E-state index contributed by atoms with van der Waals surface area (Å²) in [5, 5.41) is 1.54. The summed E-state index contributed by atoms with van der Waals surface area (Å²) in [4.78, 5) is 12.6. The van der Waals surface area contributed by atoms with Gasteiger partial charge in [0.2, 0.25) is 0 Å². The van der Waals surface area contributed by atoms with Crippen LogP contribution in [0, 0.1) is 0 Å². The Morgan fingerprint density at radius 1 is 0.935 bits per heavy atom. The minimum absolute atomic E-state index is 0.0418. The van der Waals surface area contributed by atoms with E-state index < -0.39 is 44.3 Å². The number of alkyl halides is 6. The van der Waals surface area contributed by atoms with Gasteiger partial charge < -0.3 is 4.57 Å². The summed E-state index contributed by atoms with van der Waals surface area (Å²) in [5.74, 6) is -0.953. The number of nitrogens with zero attached hydrogens (tertiary/aromatic N) is 1. The molecule has 2 N–H and O–H groups in total. The number of hydrogen-bond donors (Lipinski definition) is 2. The standard InChI is InChI=1S/C17H11F6N3O3S2/c18-16(19,20)10-7-11(17(21,22)23)9-12(8-10)31(28,29)25-24-15(27)14-13(3-6-30-14)26-4-1-2-5-26/h1-9,25H,(H,24,27). The van der Waals surface area contributed by atoms with Crippen LogP contribution in [-0.2, 0) is 22.4 Å². The molecule has 0 aliphatic rings. The Balaban J connectivity index is 1.88. The minimum atomic E-state index is -5.22. The molecule has 14 heteroatoms. The quantitative estimate of drug-likeness (QED) is 0.422. The van der Waals surface area contributed by atoms with E-state index in [-0.39, 0.29) is 23.1 Å². The lowest BCUT2D eigenvalue weighted by Crippen LogP contribution is -2.41. The monoisotopic (exact) mass is 483 g/mol. The summed E-state index contributed by atoms with van der Waals surface area (Å²) in [7, 11) is -4.96. The van der Waals surface area contributed by atoms with Crippen LogP contribution in [0.3, 0.4) is 0 Å². The van der Waals surface area contributed by atoms with Crippen LogP contribution in [0.15, 0.2) is 59.1 Å². The fraction of sp³-hybridized carbons (Fsp3) is 0.118. The summed E-state index contributed by atoms with van der Waals surface area (Å²) >= 11 is 0.949. The highest BCUT2D eigenvalue weighted by Gasteiger charge is 2.38. The van der Waals surface area contributed by atoms with Gasteiger partial charge >= 0.3 is 12.4 Å². The summed E-state index contributed by atoms with van der Waals surface area (Å²) < 4.78 is 104. The van der Waals surface area contributed by atoms with E-state index in [1.165, 1.54) is 4.83 Å². The van der Waals surface area contributed by atoms with Gasteiger partial charge in [0.1, 0.15) is 4.88 Å². The molecule has 0 saturated heterocycles. The zero-order valence-electron chi connectivity index (χ0n) is 15.0. The van der Waals surface area contributed by atoms with Crippen LogP contribution in [0.25, 0.3) is 5.69 Å². The van der Waals surface area contributed by atoms with Crippen LogP contribution in [0.1, 0.15) is 20.8 Å². The number of aromatic nitrogens is 1. The Morgan fingerprint density at radius 3 is 2.00 bits per heavy atom. The first-order valence-corrected chi connectivity index (χ1v) is 10.5. The molecular formula is C17H11F6N3O3S2. The molecule has 0 saturated carbocycles. The average Bonchev–Trinajstić information content (AvgIpc) is 3.35. The first-order chi connectivity index (χ1) is 14.3. The van der Waals surface area contributed by atoms with Crippen molar-refractivity contribution in [1.82, 2.24) is 14.8 Å². The van der Waals surface area contributed by atoms with Crippen molar-refractivity contribution in [3.63, 3.8) is 0 Å². The second kappa shape index (κ2) is 8.01. The van der Waals surface area contributed by atoms with Gasteiger partial charge in [-0.2, -0.15) is 26.3 Å². The van der Waals surface area contributed by atoms with Crippen LogP contribution in [-0.4, -0.2) is 18.9 Å². The molecule has 31 heavy (non-hydrogen) atoms. The van der Waals surface area contributed by atoms with Crippen molar-refractivity contribution >= 4 is 27.3 Å². The summed E-state index contributed by atoms with van der Waals surface area (Å²) in [6.07, 6.45) is -7.22. The van der Waals surface area contributed by atoms with Crippen LogP contribution in [0.2, 0.25) is 0 Å². The summed E-state index contributed by atoms with van der Waals surface area (Å²) in [5.41, 5.74) is -1.41. The number of amides is 1. The van der Waals surface area contributed by atoms with Gasteiger partial charge in [0.15, 0.2) is 0 Å². The molecule has 3 rings (SSSR count). The lowest BCUT2D eigenvalue weighted by molar-refractivity contribution is -0.143. The van der Waals surface area contributed by atoms with Crippen LogP contribution in [0.4, 0.5) is 26.3 Å². The van der Waals surface area contributed by atoms with E-state index in [4.69, 9.17) is 0 Å². The van der Waals surface area contributed by atoms with Gasteiger partial charge in [0, 0.05) is 12.4 Å². The number of nitrogens with one attached hydrogen (secondary N) is 2. The van der Waals surface area contributed by atoms with E-state index in [1.807, 2.05) is 0 Å². The van der Waals surface area contributed by atoms with Gasteiger partial charge in [-0.15, -0.1) is 16.2 Å². The first kappa shape index (κ1) is 22.8. The number of halogens is 6. The number of benzene rings is 1. The molecule has 1 amide bonds. The first-order valence-electron chi connectivity index (χ1n) is 8.11. The molecule has 0 atom stereocenters. The third-order valence-electron chi connectivity index (χ3n) is 3.90. The zero-order valence-corrected chi connectivity index (χ0v) is 16.6. The lowest BCUT2D eigenvalue weighted by Gasteiger charge is -2.15. The molecule has 3 aromatic rings. The van der Waals surface area contributed by atoms with Crippen molar-refractivity contribution in [1.29, 1.82) is 0 Å². The molecular weight excluding hydrogens is 472 g/mol. The van der Waals surface area contributed by atoms with Crippen molar-refractivity contribution in [3.05, 3.63) is 70.2 Å². The second-order valence-electron chi connectivity index (χ2n) is 6.03. The molecule has 0 aliphatic heterocycles. The zero-order chi connectivity index (χ0) is 23.0. The van der Waals surface area contributed by atoms with Crippen molar-refractivity contribution in [2.45, 2.75) is 17.2 Å². The minimum Gasteiger partial charge on any atom is -0.322 e. The van der Waals surface area contributed by atoms with Crippen LogP contribution < -0.4 is 10.3 Å². The van der Waals surface area contributed by atoms with E-state index in [0.29, 0.717) is 5.69 Å². The van der Waals surface area contributed by atoms with Crippen molar-refractivity contribution in [2.75, 3.05) is 0 Å². The van der Waals surface area contributed by atoms with Gasteiger partial charge in [-0.3, -0.25) is 10.2 Å². The second-order valence-corrected chi connectivity index (χ2v) is 8.63. The number of carbonyl (C=O) groups excluding carboxylic acids is 1. The molecule has 0 radical (unpaired) electrons. The summed E-state index contributed by atoms with van der Waals surface area (Å²) in [6.45, 7) is 0. The Morgan fingerprint density at radius 2 is 1.48 bits per heavy atom. The van der Waals surface area contributed by atoms with E-state index in [1.54, 1.807) is 46.0 Å². The third kappa shape index (κ3) is 5.08. The van der Waals surface area contributed by atoms with Gasteiger partial charge in [-0.1, -0.05) is 0 Å². The number of rotatable bonds is 5. The number of hydrogen-bond acceptors (Lipinski definition) is 4. The molecule has 6 nitrogen and oxygen atoms in total. The highest BCUT2D eigenvalue weighted by atomic mass is 32.2. The maximum absolute atomic E-state index is 12.9. The SMILES string of the molecule is O=C(NNS(=O)(=O)c1cc(C(F)(F)F)cc(C(F)(F)F)c1)c1sccc1-n1cccc1. The van der Waals surface area contributed by atoms with E-state index in [9.17, 15) is 39.6 Å². The molecule has 0 spiro atoms. The van der Waals surface area contributed by atoms with Crippen molar-refractivity contribution in [3.8, 4) is 5.69 Å². The molecule has 166 valence electrons. The van der Waals surface area contributed by atoms with Crippen molar-refractivity contribution < 1.29 is 39.6 Å². The molecule has 2 heterocycles. The van der Waals surface area contributed by atoms with Crippen LogP contribution in [0.5, 0.6) is 0 Å². The molecule has 0 fully saturated rings. The highest BCUT2D eigenvalue weighted by molar-refractivity contribution is 7.89. The molecule has 0 aliphatic carbocycles. The molecule has 0 bridgehead atoms. The average molecular weight is 483 g/mol. The van der Waals surface area contributed by atoms with Gasteiger partial charge in [-0.05, 0) is 41.8 Å². The Hall–Kier alpha value is -2.84. The normalized spacial score (nSPS) is 12.7. The number of thiophene rings is 1. The third-order valence-corrected chi connectivity index (χ3v) is 6.03. The van der Waals surface area contributed by atoms with Gasteiger partial charge in [0.25, 0.3) is 15.9 Å². The van der Waals surface area contributed by atoms with Crippen molar-refractivity contribution in [2.24, 2.45) is 0 Å². The molecule has 2 aromatic heterocycles. The number of carbonyl (C=O) groups is 1.